The summed E-state index contributed by atoms with van der Waals surface area (Å²) in [6.45, 7) is 4.35. The number of esters is 1. The molecule has 1 spiro atoms. The first-order valence-electron chi connectivity index (χ1n) is 25.9. The van der Waals surface area contributed by atoms with Gasteiger partial charge in [-0.05, 0) is 121 Å². The Bertz CT molecular complexity index is 3150. The molecule has 75 heavy (non-hydrogen) atoms. The summed E-state index contributed by atoms with van der Waals surface area (Å²) in [5, 5.41) is 16.0. The number of morpholine rings is 2. The van der Waals surface area contributed by atoms with Gasteiger partial charge in [0.25, 0.3) is 0 Å². The Morgan fingerprint density at radius 1 is 0.787 bits per heavy atom. The number of aliphatic hydroxyl groups is 1. The number of fused-ring (bicyclic) bond motifs is 3. The Kier molecular flexibility index (Phi) is 14.1. The highest BCUT2D eigenvalue weighted by atomic mass is 16.6. The fourth-order valence-corrected chi connectivity index (χ4v) is 11.9. The molecule has 1 aliphatic carbocycles. The van der Waals surface area contributed by atoms with Crippen LogP contribution in [0.15, 0.2) is 169 Å². The van der Waals surface area contributed by atoms with Crippen molar-refractivity contribution in [2.24, 2.45) is 5.92 Å². The van der Waals surface area contributed by atoms with Crippen LogP contribution in [0.3, 0.4) is 0 Å². The highest BCUT2D eigenvalue weighted by molar-refractivity contribution is 6.25. The van der Waals surface area contributed by atoms with Gasteiger partial charge in [-0.1, -0.05) is 121 Å². The molecule has 4 aliphatic heterocycles. The Balaban J connectivity index is 1.16. The van der Waals surface area contributed by atoms with Gasteiger partial charge in [0.2, 0.25) is 11.8 Å². The van der Waals surface area contributed by atoms with Crippen LogP contribution in [0.1, 0.15) is 90.2 Å². The molecule has 0 aromatic heterocycles. The number of hydrogen-bond acceptors (Lipinski definition) is 10. The molecule has 6 aromatic carbocycles. The summed E-state index contributed by atoms with van der Waals surface area (Å²) in [5.41, 5.74) is 4.56. The standard InChI is InChI=1S/C62H59N5O8/c1-41(44-16-8-3-9-17-44)63-61(72)66-52-33-24-43(23-22-42-14-6-2-7-15-42)40-51(52)62(60(66)71)53(58(69)64-48-27-29-49(30-28-48)65-34-37-73-38-35-65)55-59(70)75-56(46-20-12-5-13-21-46)54(45-18-10-4-11-19-45)67(55)57(62)47-25-31-50(32-26-47)74-39-36-68/h3-5,8-14,16-21,24-33,40-41,53-57,68H,2,6-7,15,34-39H2,1H3,(H,63,72)(H,64,69)/t41-,53+,54+,55+,56-,57-,62+/m1/s1. The highest BCUT2D eigenvalue weighted by Gasteiger charge is 2.75. The second-order valence-electron chi connectivity index (χ2n) is 19.7. The summed E-state index contributed by atoms with van der Waals surface area (Å²) >= 11 is 0. The Morgan fingerprint density at radius 3 is 2.16 bits per heavy atom. The summed E-state index contributed by atoms with van der Waals surface area (Å²) in [4.78, 5) is 69.4. The van der Waals surface area contributed by atoms with Gasteiger partial charge < -0.3 is 34.9 Å². The second kappa shape index (κ2) is 21.4. The lowest BCUT2D eigenvalue weighted by atomic mass is 9.65. The van der Waals surface area contributed by atoms with Crippen molar-refractivity contribution in [1.29, 1.82) is 0 Å². The van der Waals surface area contributed by atoms with Crippen LogP contribution in [0, 0.1) is 17.8 Å². The first-order valence-corrected chi connectivity index (χ1v) is 25.9. The third kappa shape index (κ3) is 9.35. The molecule has 3 fully saturated rings. The molecular formula is C62H59N5O8. The molecule has 4 amide bonds. The molecule has 7 atom stereocenters. The van der Waals surface area contributed by atoms with Crippen molar-refractivity contribution in [1.82, 2.24) is 10.2 Å². The topological polar surface area (TPSA) is 150 Å². The lowest BCUT2D eigenvalue weighted by Crippen LogP contribution is -2.55. The molecule has 0 bridgehead atoms. The van der Waals surface area contributed by atoms with E-state index in [0.29, 0.717) is 41.3 Å². The van der Waals surface area contributed by atoms with Gasteiger partial charge in [-0.25, -0.2) is 9.69 Å². The number of anilines is 3. The summed E-state index contributed by atoms with van der Waals surface area (Å²) in [5.74, 6) is 3.75. The Morgan fingerprint density at radius 2 is 1.48 bits per heavy atom. The maximum atomic E-state index is 16.9. The molecule has 0 radical (unpaired) electrons. The molecule has 3 N–H and O–H groups in total. The van der Waals surface area contributed by atoms with Gasteiger partial charge in [0, 0.05) is 30.0 Å². The minimum atomic E-state index is -2.00. The molecule has 380 valence electrons. The molecule has 13 nitrogen and oxygen atoms in total. The SMILES string of the molecule is C[C@@H](NC(=O)N1C(=O)[C@@]2(c3cc(C#CC4=CCCCC4)ccc31)[C@H](C(=O)Nc1ccc(N3CCOCC3)cc1)[C@H]1C(=O)O[C@H](c3ccccc3)[C@H](c3ccccc3)N1[C@@H]2c1ccc(OCCO)cc1)c1ccccc1. The van der Waals surface area contributed by atoms with Crippen LogP contribution in [-0.4, -0.2) is 79.4 Å². The van der Waals surface area contributed by atoms with Gasteiger partial charge in [0.05, 0.1) is 49.6 Å². The number of aliphatic hydroxyl groups excluding tert-OH is 1. The molecule has 0 saturated carbocycles. The average molecular weight is 1000 g/mol. The monoisotopic (exact) mass is 1000 g/mol. The van der Waals surface area contributed by atoms with E-state index < -0.39 is 65.4 Å². The predicted molar refractivity (Wildman–Crippen MR) is 286 cm³/mol. The van der Waals surface area contributed by atoms with Gasteiger partial charge in [-0.15, -0.1) is 0 Å². The van der Waals surface area contributed by atoms with Crippen LogP contribution in [0.4, 0.5) is 21.9 Å². The van der Waals surface area contributed by atoms with E-state index in [1.54, 1.807) is 18.2 Å². The number of ether oxygens (including phenoxy) is 3. The number of hydrogen-bond donors (Lipinski definition) is 3. The van der Waals surface area contributed by atoms with E-state index in [0.717, 1.165) is 71.6 Å². The van der Waals surface area contributed by atoms with Gasteiger partial charge in [-0.2, -0.15) is 0 Å². The number of nitrogens with zero attached hydrogens (tertiary/aromatic N) is 3. The molecule has 3 saturated heterocycles. The van der Waals surface area contributed by atoms with Crippen molar-refractivity contribution in [3.8, 4) is 17.6 Å². The average Bonchev–Trinajstić information content (AvgIpc) is 4.13. The van der Waals surface area contributed by atoms with Crippen molar-refractivity contribution < 1.29 is 38.5 Å². The maximum Gasteiger partial charge on any atom is 0.329 e. The fraction of sp³-hybridized carbons (Fsp3) is 0.290. The number of cyclic esters (lactones) is 1. The summed E-state index contributed by atoms with van der Waals surface area (Å²) < 4.78 is 18.2. The predicted octanol–water partition coefficient (Wildman–Crippen LogP) is 9.52. The van der Waals surface area contributed by atoms with E-state index in [1.165, 1.54) is 0 Å². The summed E-state index contributed by atoms with van der Waals surface area (Å²) in [6, 6.07) is 44.3. The Hall–Kier alpha value is -8.02. The van der Waals surface area contributed by atoms with E-state index in [1.807, 2.05) is 151 Å². The van der Waals surface area contributed by atoms with Crippen molar-refractivity contribution in [3.05, 3.63) is 203 Å². The smallest absolute Gasteiger partial charge is 0.329 e. The third-order valence-corrected chi connectivity index (χ3v) is 15.3. The fourth-order valence-electron chi connectivity index (χ4n) is 11.9. The van der Waals surface area contributed by atoms with Crippen LogP contribution in [0.25, 0.3) is 0 Å². The number of urea groups is 1. The van der Waals surface area contributed by atoms with Gasteiger partial charge in [0.15, 0.2) is 0 Å². The van der Waals surface area contributed by atoms with Crippen LogP contribution in [0.5, 0.6) is 5.75 Å². The first-order chi connectivity index (χ1) is 36.7. The lowest BCUT2D eigenvalue weighted by Gasteiger charge is -2.46. The largest absolute Gasteiger partial charge is 0.491 e. The van der Waals surface area contributed by atoms with Gasteiger partial charge >= 0.3 is 12.0 Å². The first kappa shape index (κ1) is 49.2. The molecule has 13 heteroatoms. The summed E-state index contributed by atoms with van der Waals surface area (Å²) in [6.07, 6.45) is 5.19. The van der Waals surface area contributed by atoms with Crippen LogP contribution in [0.2, 0.25) is 0 Å². The number of amides is 4. The van der Waals surface area contributed by atoms with E-state index in [9.17, 15) is 5.11 Å². The minimum absolute atomic E-state index is 0.0509. The number of nitrogens with one attached hydrogen (secondary N) is 2. The van der Waals surface area contributed by atoms with Crippen LogP contribution >= 0.6 is 0 Å². The van der Waals surface area contributed by atoms with E-state index in [2.05, 4.69) is 33.5 Å². The molecule has 6 aromatic rings. The Labute approximate surface area is 437 Å². The van der Waals surface area contributed by atoms with Crippen LogP contribution in [-0.2, 0) is 29.3 Å². The normalized spacial score (nSPS) is 23.5. The van der Waals surface area contributed by atoms with E-state index in [4.69, 9.17) is 14.2 Å². The summed E-state index contributed by atoms with van der Waals surface area (Å²) in [7, 11) is 0. The van der Waals surface area contributed by atoms with Crippen molar-refractivity contribution in [2.75, 3.05) is 54.6 Å². The molecule has 11 rings (SSSR count). The third-order valence-electron chi connectivity index (χ3n) is 15.3. The zero-order valence-corrected chi connectivity index (χ0v) is 41.8. The lowest BCUT2D eigenvalue weighted by molar-refractivity contribution is -0.177. The zero-order chi connectivity index (χ0) is 51.5. The number of carbonyl (C=O) groups is 4. The quantitative estimate of drug-likeness (QED) is 0.0847. The molecule has 0 unspecified atom stereocenters. The number of imide groups is 1. The zero-order valence-electron chi connectivity index (χ0n) is 41.8. The van der Waals surface area contributed by atoms with Gasteiger partial charge in [-0.3, -0.25) is 19.3 Å². The molecule has 5 aliphatic rings. The number of benzene rings is 6. The van der Waals surface area contributed by atoms with Crippen molar-refractivity contribution >= 4 is 40.9 Å². The molecule has 4 heterocycles. The number of carbonyl (C=O) groups excluding carboxylic acids is 4. The van der Waals surface area contributed by atoms with E-state index >= 15 is 19.2 Å². The number of rotatable bonds is 11. The van der Waals surface area contributed by atoms with Crippen LogP contribution < -0.4 is 25.2 Å². The van der Waals surface area contributed by atoms with Gasteiger partial charge in [0.1, 0.15) is 29.9 Å². The van der Waals surface area contributed by atoms with Crippen molar-refractivity contribution in [3.63, 3.8) is 0 Å². The molecular weight excluding hydrogens is 943 g/mol. The van der Waals surface area contributed by atoms with E-state index in [-0.39, 0.29) is 18.9 Å². The maximum absolute atomic E-state index is 16.9. The highest BCUT2D eigenvalue weighted by Crippen LogP contribution is 2.66. The second-order valence-corrected chi connectivity index (χ2v) is 19.7. The number of allylic oxidation sites excluding steroid dienone is 2. The minimum Gasteiger partial charge on any atom is -0.491 e. The van der Waals surface area contributed by atoms with Crippen molar-refractivity contribution in [2.45, 2.75) is 68.3 Å².